The molecule has 1 aliphatic rings. The third-order valence-electron chi connectivity index (χ3n) is 5.06. The van der Waals surface area contributed by atoms with Crippen LogP contribution in [0.1, 0.15) is 12.1 Å². The number of pyridine rings is 1. The van der Waals surface area contributed by atoms with Gasteiger partial charge in [-0.3, -0.25) is 4.98 Å². The SMILES string of the molecule is O=IN(O)C(CCc1ccccn1)CS(=O)(=O)N1CCN(c2ccc(F)cc2)CC1. The van der Waals surface area contributed by atoms with E-state index in [2.05, 4.69) is 4.98 Å². The van der Waals surface area contributed by atoms with Crippen molar-refractivity contribution in [2.75, 3.05) is 36.8 Å². The summed E-state index contributed by atoms with van der Waals surface area (Å²) in [6, 6.07) is 10.8. The molecule has 0 radical (unpaired) electrons. The number of aromatic nitrogens is 1. The van der Waals surface area contributed by atoms with Gasteiger partial charge in [-0.2, -0.15) is 4.31 Å². The number of hydrogen-bond donors (Lipinski definition) is 1. The van der Waals surface area contributed by atoms with E-state index in [1.54, 1.807) is 24.4 Å². The lowest BCUT2D eigenvalue weighted by molar-refractivity contribution is 0.00357. The standard InChI is InChI=1S/C19H24FIN4O4S/c20-16-4-7-18(8-5-16)23-11-13-24(14-12-23)30(28,29)15-19(25(27)21-26)9-6-17-3-1-2-10-22-17/h1-5,7-8,10,19,27H,6,9,11-15H2. The number of hydroxylamine groups is 1. The van der Waals surface area contributed by atoms with Gasteiger partial charge in [-0.25, -0.2) is 15.9 Å². The summed E-state index contributed by atoms with van der Waals surface area (Å²) in [6.45, 7) is 1.57. The highest BCUT2D eigenvalue weighted by Gasteiger charge is 2.32. The van der Waals surface area contributed by atoms with Crippen LogP contribution < -0.4 is 4.90 Å². The average molecular weight is 550 g/mol. The summed E-state index contributed by atoms with van der Waals surface area (Å²) in [7, 11) is -3.65. The number of anilines is 1. The topological polar surface area (TPSA) is 94.0 Å². The minimum atomic E-state index is -3.65. The summed E-state index contributed by atoms with van der Waals surface area (Å²) in [4.78, 5) is 6.21. The maximum Gasteiger partial charge on any atom is 0.266 e. The molecule has 0 saturated carbocycles. The van der Waals surface area contributed by atoms with Gasteiger partial charge in [-0.15, -0.1) is 0 Å². The Morgan fingerprint density at radius 1 is 1.13 bits per heavy atom. The molecule has 0 aliphatic carbocycles. The highest BCUT2D eigenvalue weighted by Crippen LogP contribution is 2.21. The first kappa shape index (κ1) is 23.1. The van der Waals surface area contributed by atoms with Crippen LogP contribution in [0.15, 0.2) is 48.7 Å². The molecule has 1 aliphatic heterocycles. The second kappa shape index (κ2) is 10.7. The van der Waals surface area contributed by atoms with Gasteiger partial charge in [0, 0.05) is 43.8 Å². The maximum absolute atomic E-state index is 13.1. The molecule has 1 atom stereocenters. The number of piperazine rings is 1. The third kappa shape index (κ3) is 6.23. The fraction of sp³-hybridized carbons (Fsp3) is 0.421. The molecule has 1 aromatic carbocycles. The monoisotopic (exact) mass is 550 g/mol. The smallest absolute Gasteiger partial charge is 0.266 e. The average Bonchev–Trinajstić information content (AvgIpc) is 2.77. The number of rotatable bonds is 9. The van der Waals surface area contributed by atoms with Crippen molar-refractivity contribution in [3.8, 4) is 0 Å². The molecule has 1 unspecified atom stereocenters. The molecule has 30 heavy (non-hydrogen) atoms. The van der Waals surface area contributed by atoms with Gasteiger partial charge in [0.2, 0.25) is 10.0 Å². The van der Waals surface area contributed by atoms with Crippen molar-refractivity contribution in [2.45, 2.75) is 18.9 Å². The molecule has 0 bridgehead atoms. The summed E-state index contributed by atoms with van der Waals surface area (Å²) in [5, 5.41) is 10.00. The van der Waals surface area contributed by atoms with E-state index >= 15 is 0 Å². The molecule has 1 aromatic heterocycles. The molecule has 0 amide bonds. The molecule has 2 heterocycles. The van der Waals surface area contributed by atoms with Crippen molar-refractivity contribution in [3.05, 3.63) is 60.2 Å². The van der Waals surface area contributed by atoms with Crippen LogP contribution >= 0.6 is 21.5 Å². The second-order valence-electron chi connectivity index (χ2n) is 7.01. The first-order chi connectivity index (χ1) is 14.4. The summed E-state index contributed by atoms with van der Waals surface area (Å²) in [5.41, 5.74) is 1.63. The zero-order chi connectivity index (χ0) is 21.6. The van der Waals surface area contributed by atoms with Crippen LogP contribution in [0, 0.1) is 5.82 Å². The fourth-order valence-corrected chi connectivity index (χ4v) is 6.18. The van der Waals surface area contributed by atoms with Gasteiger partial charge in [0.25, 0.3) is 21.5 Å². The molecule has 2 aromatic rings. The van der Waals surface area contributed by atoms with E-state index in [1.807, 2.05) is 17.0 Å². The molecular weight excluding hydrogens is 526 g/mol. The molecule has 164 valence electrons. The fourth-order valence-electron chi connectivity index (χ4n) is 3.39. The van der Waals surface area contributed by atoms with Crippen LogP contribution in [-0.2, 0) is 19.5 Å². The molecule has 1 N–H and O–H groups in total. The van der Waals surface area contributed by atoms with Crippen LogP contribution in [0.25, 0.3) is 0 Å². The van der Waals surface area contributed by atoms with Gasteiger partial charge >= 0.3 is 0 Å². The zero-order valence-electron chi connectivity index (χ0n) is 16.3. The number of aryl methyl sites for hydroxylation is 1. The van der Waals surface area contributed by atoms with Gasteiger partial charge in [0.15, 0.2) is 0 Å². The van der Waals surface area contributed by atoms with E-state index in [1.165, 1.54) is 16.4 Å². The molecule has 1 fully saturated rings. The Morgan fingerprint density at radius 3 is 2.43 bits per heavy atom. The van der Waals surface area contributed by atoms with Crippen LogP contribution in [0.3, 0.4) is 0 Å². The lowest BCUT2D eigenvalue weighted by Crippen LogP contribution is -2.51. The predicted octanol–water partition coefficient (Wildman–Crippen LogP) is 2.60. The Bertz CT molecular complexity index is 925. The molecule has 8 nitrogen and oxygen atoms in total. The summed E-state index contributed by atoms with van der Waals surface area (Å²) < 4.78 is 52.3. The highest BCUT2D eigenvalue weighted by atomic mass is 127. The molecule has 0 spiro atoms. The van der Waals surface area contributed by atoms with E-state index in [0.717, 1.165) is 11.4 Å². The van der Waals surface area contributed by atoms with E-state index in [0.29, 0.717) is 42.3 Å². The number of sulfonamides is 1. The molecule has 11 heteroatoms. The zero-order valence-corrected chi connectivity index (χ0v) is 19.2. The maximum atomic E-state index is 13.1. The van der Waals surface area contributed by atoms with Gasteiger partial charge in [0.05, 0.1) is 11.8 Å². The van der Waals surface area contributed by atoms with Crippen LogP contribution in [0.4, 0.5) is 10.1 Å². The minimum Gasteiger partial charge on any atom is -0.369 e. The Balaban J connectivity index is 1.60. The first-order valence-corrected chi connectivity index (χ1v) is 13.0. The first-order valence-electron chi connectivity index (χ1n) is 9.53. The number of halogens is 2. The molecular formula is C19H24FIN4O4S. The minimum absolute atomic E-state index is 0.296. The summed E-state index contributed by atoms with van der Waals surface area (Å²) in [6.07, 6.45) is 2.45. The number of hydrogen-bond acceptors (Lipinski definition) is 6. The van der Waals surface area contributed by atoms with Crippen LogP contribution in [0.2, 0.25) is 0 Å². The quantitative estimate of drug-likeness (QED) is 0.292. The molecule has 1 saturated heterocycles. The van der Waals surface area contributed by atoms with Crippen molar-refractivity contribution in [1.82, 2.24) is 12.6 Å². The predicted molar refractivity (Wildman–Crippen MR) is 119 cm³/mol. The van der Waals surface area contributed by atoms with Crippen molar-refractivity contribution < 1.29 is 21.1 Å². The number of benzene rings is 1. The highest BCUT2D eigenvalue weighted by molar-refractivity contribution is 14.1. The largest absolute Gasteiger partial charge is 0.369 e. The second-order valence-corrected chi connectivity index (χ2v) is 10.4. The van der Waals surface area contributed by atoms with E-state index in [-0.39, 0.29) is 11.6 Å². The lowest BCUT2D eigenvalue weighted by atomic mass is 10.1. The Hall–Kier alpha value is -1.54. The normalized spacial score (nSPS) is 16.7. The van der Waals surface area contributed by atoms with E-state index < -0.39 is 37.5 Å². The van der Waals surface area contributed by atoms with Gasteiger partial charge in [-0.05, 0) is 49.2 Å². The van der Waals surface area contributed by atoms with Gasteiger partial charge in [0.1, 0.15) is 5.82 Å². The summed E-state index contributed by atoms with van der Waals surface area (Å²) >= 11 is -1.90. The van der Waals surface area contributed by atoms with Crippen molar-refractivity contribution in [2.24, 2.45) is 0 Å². The Kier molecular flexibility index (Phi) is 8.22. The van der Waals surface area contributed by atoms with E-state index in [4.69, 9.17) is 0 Å². The van der Waals surface area contributed by atoms with Crippen molar-refractivity contribution in [1.29, 1.82) is 0 Å². The van der Waals surface area contributed by atoms with E-state index in [9.17, 15) is 21.1 Å². The van der Waals surface area contributed by atoms with Gasteiger partial charge < -0.3 is 10.1 Å². The summed E-state index contributed by atoms with van der Waals surface area (Å²) in [5.74, 6) is -0.624. The molecule has 3 rings (SSSR count). The third-order valence-corrected chi connectivity index (χ3v) is 8.21. The van der Waals surface area contributed by atoms with Crippen molar-refractivity contribution in [3.63, 3.8) is 0 Å². The van der Waals surface area contributed by atoms with Crippen molar-refractivity contribution >= 4 is 37.2 Å². The Labute approximate surface area is 186 Å². The van der Waals surface area contributed by atoms with Crippen LogP contribution in [0.5, 0.6) is 0 Å². The lowest BCUT2D eigenvalue weighted by Gasteiger charge is -2.36. The number of nitrogens with zero attached hydrogens (tertiary/aromatic N) is 4. The Morgan fingerprint density at radius 2 is 1.83 bits per heavy atom. The van der Waals surface area contributed by atoms with Gasteiger partial charge in [-0.1, -0.05) is 9.34 Å². The van der Waals surface area contributed by atoms with Crippen LogP contribution in [-0.4, -0.2) is 64.2 Å².